The molecule has 0 saturated heterocycles. The molecule has 0 aliphatic carbocycles. The van der Waals surface area contributed by atoms with Gasteiger partial charge >= 0.3 is 0 Å². The smallest absolute Gasteiger partial charge is 0.164 e. The maximum atomic E-state index is 6.77. The van der Waals surface area contributed by atoms with Gasteiger partial charge in [0.2, 0.25) is 0 Å². The van der Waals surface area contributed by atoms with Crippen LogP contribution >= 0.6 is 0 Å². The van der Waals surface area contributed by atoms with Crippen molar-refractivity contribution in [3.05, 3.63) is 188 Å². The second-order valence-electron chi connectivity index (χ2n) is 13.6. The van der Waals surface area contributed by atoms with Gasteiger partial charge in [0, 0.05) is 33.0 Å². The van der Waals surface area contributed by atoms with Crippen LogP contribution in [0.2, 0.25) is 0 Å². The van der Waals surface area contributed by atoms with Crippen LogP contribution in [0.25, 0.3) is 99.5 Å². The predicted molar refractivity (Wildman–Crippen MR) is 224 cm³/mol. The second kappa shape index (κ2) is 13.1. The van der Waals surface area contributed by atoms with E-state index < -0.39 is 0 Å². The predicted octanol–water partition coefficient (Wildman–Crippen LogP) is 13.3. The first-order valence-corrected chi connectivity index (χ1v) is 18.2. The average Bonchev–Trinajstić information content (AvgIpc) is 3.62. The molecule has 0 atom stereocenters. The highest BCUT2D eigenvalue weighted by atomic mass is 16.3. The van der Waals surface area contributed by atoms with Gasteiger partial charge in [-0.3, -0.25) is 0 Å². The van der Waals surface area contributed by atoms with Crippen molar-refractivity contribution in [2.24, 2.45) is 0 Å². The molecule has 0 aliphatic rings. The van der Waals surface area contributed by atoms with Crippen LogP contribution in [0, 0.1) is 6.92 Å². The molecule has 0 spiro atoms. The minimum absolute atomic E-state index is 0.585. The van der Waals surface area contributed by atoms with Gasteiger partial charge in [-0.1, -0.05) is 164 Å². The summed E-state index contributed by atoms with van der Waals surface area (Å²) >= 11 is 0. The third kappa shape index (κ3) is 5.53. The molecule has 0 unspecified atom stereocenters. The van der Waals surface area contributed by atoms with Crippen LogP contribution in [-0.2, 0) is 0 Å². The van der Waals surface area contributed by atoms with Gasteiger partial charge in [-0.2, -0.15) is 0 Å². The van der Waals surface area contributed by atoms with Gasteiger partial charge in [0.15, 0.2) is 17.5 Å². The Kier molecular flexibility index (Phi) is 7.66. The summed E-state index contributed by atoms with van der Waals surface area (Å²) in [5, 5.41) is 8.86. The van der Waals surface area contributed by atoms with E-state index in [1.165, 1.54) is 10.8 Å². The second-order valence-corrected chi connectivity index (χ2v) is 13.6. The molecule has 2 aromatic heterocycles. The largest absolute Gasteiger partial charge is 0.455 e. The van der Waals surface area contributed by atoms with Crippen LogP contribution < -0.4 is 0 Å². The highest BCUT2D eigenvalue weighted by Crippen LogP contribution is 2.42. The molecule has 0 amide bonds. The van der Waals surface area contributed by atoms with Crippen molar-refractivity contribution in [2.45, 2.75) is 6.92 Å². The van der Waals surface area contributed by atoms with Crippen molar-refractivity contribution in [2.75, 3.05) is 0 Å². The third-order valence-electron chi connectivity index (χ3n) is 10.3. The van der Waals surface area contributed by atoms with Gasteiger partial charge in [0.1, 0.15) is 11.2 Å². The molecular formula is C50H33N3O. The lowest BCUT2D eigenvalue weighted by Gasteiger charge is -2.11. The third-order valence-corrected chi connectivity index (χ3v) is 10.3. The number of aryl methyl sites for hydroxylation is 1. The van der Waals surface area contributed by atoms with E-state index >= 15 is 0 Å². The van der Waals surface area contributed by atoms with Crippen LogP contribution in [0.4, 0.5) is 0 Å². The summed E-state index contributed by atoms with van der Waals surface area (Å²) in [5.41, 5.74) is 7.58. The van der Waals surface area contributed by atoms with E-state index in [1.54, 1.807) is 0 Å². The van der Waals surface area contributed by atoms with Gasteiger partial charge in [-0.05, 0) is 68.6 Å². The summed E-state index contributed by atoms with van der Waals surface area (Å²) in [6.45, 7) is 2.11. The molecule has 0 bridgehead atoms. The molecule has 54 heavy (non-hydrogen) atoms. The fraction of sp³-hybridized carbons (Fsp3) is 0.0200. The van der Waals surface area contributed by atoms with Gasteiger partial charge < -0.3 is 4.42 Å². The van der Waals surface area contributed by atoms with E-state index in [-0.39, 0.29) is 0 Å². The SMILES string of the molecule is Cc1cccccc2ccccc2cc1-c1nc(-c2ccc3ccccc3c2)nc(-c2cccc3oc4c(-c5cccc6ccccc56)cccc4c23)n1. The summed E-state index contributed by atoms with van der Waals surface area (Å²) in [5.74, 6) is 1.80. The molecule has 0 N–H and O–H groups in total. The highest BCUT2D eigenvalue weighted by molar-refractivity contribution is 6.16. The summed E-state index contributed by atoms with van der Waals surface area (Å²) < 4.78 is 6.77. The summed E-state index contributed by atoms with van der Waals surface area (Å²) in [6.07, 6.45) is 0. The standard InChI is InChI=1S/C50H33N3O/c1-32-14-3-2-4-15-33-16-5-8-20-37(33)31-44(32)50-52-48(38-29-28-34-17-6-7-19-36(34)30-38)51-49(53-50)43-26-13-27-45-46(43)42-25-12-24-41(47(42)54-45)40-23-11-21-35-18-9-10-22-39(35)40/h2-31H,1H3. The lowest BCUT2D eigenvalue weighted by atomic mass is 9.96. The number of furan rings is 1. The first-order chi connectivity index (χ1) is 26.7. The monoisotopic (exact) mass is 691 g/mol. The lowest BCUT2D eigenvalue weighted by Crippen LogP contribution is -2.01. The molecule has 10 aromatic rings. The quantitative estimate of drug-likeness (QED) is 0.184. The van der Waals surface area contributed by atoms with E-state index in [9.17, 15) is 0 Å². The molecule has 2 heterocycles. The first-order valence-electron chi connectivity index (χ1n) is 18.2. The number of hydrogen-bond donors (Lipinski definition) is 0. The van der Waals surface area contributed by atoms with Crippen molar-refractivity contribution >= 4 is 54.3 Å². The Morgan fingerprint density at radius 1 is 0.370 bits per heavy atom. The zero-order chi connectivity index (χ0) is 36.0. The lowest BCUT2D eigenvalue weighted by molar-refractivity contribution is 0.670. The van der Waals surface area contributed by atoms with Crippen LogP contribution in [-0.4, -0.2) is 15.0 Å². The molecule has 0 saturated carbocycles. The molecule has 4 nitrogen and oxygen atoms in total. The summed E-state index contributed by atoms with van der Waals surface area (Å²) in [4.78, 5) is 15.8. The summed E-state index contributed by atoms with van der Waals surface area (Å²) in [6, 6.07) is 63.3. The van der Waals surface area contributed by atoms with E-state index in [0.29, 0.717) is 17.5 Å². The van der Waals surface area contributed by atoms with Crippen LogP contribution in [0.1, 0.15) is 5.56 Å². The Morgan fingerprint density at radius 2 is 0.926 bits per heavy atom. The maximum Gasteiger partial charge on any atom is 0.164 e. The Bertz CT molecular complexity index is 3140. The van der Waals surface area contributed by atoms with Crippen LogP contribution in [0.5, 0.6) is 0 Å². The average molecular weight is 692 g/mol. The Labute approximate surface area is 312 Å². The van der Waals surface area contributed by atoms with Crippen molar-refractivity contribution < 1.29 is 4.42 Å². The van der Waals surface area contributed by atoms with Crippen molar-refractivity contribution in [1.29, 1.82) is 0 Å². The van der Waals surface area contributed by atoms with Gasteiger partial charge in [0.05, 0.1) is 0 Å². The van der Waals surface area contributed by atoms with Gasteiger partial charge in [0.25, 0.3) is 0 Å². The molecule has 0 radical (unpaired) electrons. The van der Waals surface area contributed by atoms with E-state index in [2.05, 4.69) is 177 Å². The maximum absolute atomic E-state index is 6.77. The van der Waals surface area contributed by atoms with Crippen LogP contribution in [0.3, 0.4) is 0 Å². The molecule has 10 rings (SSSR count). The topological polar surface area (TPSA) is 51.8 Å². The highest BCUT2D eigenvalue weighted by Gasteiger charge is 2.20. The van der Waals surface area contributed by atoms with Crippen molar-refractivity contribution in [1.82, 2.24) is 15.0 Å². The number of rotatable bonds is 4. The first kappa shape index (κ1) is 31.6. The summed E-state index contributed by atoms with van der Waals surface area (Å²) in [7, 11) is 0. The number of hydrogen-bond acceptors (Lipinski definition) is 4. The molecule has 254 valence electrons. The van der Waals surface area contributed by atoms with Crippen molar-refractivity contribution in [3.8, 4) is 45.3 Å². The minimum atomic E-state index is 0.585. The number of aromatic nitrogens is 3. The van der Waals surface area contributed by atoms with Gasteiger partial charge in [-0.15, -0.1) is 0 Å². The molecule has 0 fully saturated rings. The zero-order valence-corrected chi connectivity index (χ0v) is 29.6. The van der Waals surface area contributed by atoms with E-state index in [1.807, 2.05) is 12.1 Å². The Morgan fingerprint density at radius 3 is 1.76 bits per heavy atom. The van der Waals surface area contributed by atoms with Crippen LogP contribution in [0.15, 0.2) is 186 Å². The van der Waals surface area contributed by atoms with Gasteiger partial charge in [-0.25, -0.2) is 15.0 Å². The number of benzene rings is 7. The molecule has 4 heteroatoms. The fourth-order valence-corrected chi connectivity index (χ4v) is 7.60. The van der Waals surface area contributed by atoms with E-state index in [0.717, 1.165) is 76.9 Å². The Hall–Kier alpha value is -7.17. The van der Waals surface area contributed by atoms with E-state index in [4.69, 9.17) is 19.4 Å². The molecule has 8 aromatic carbocycles. The van der Waals surface area contributed by atoms with Crippen molar-refractivity contribution in [3.63, 3.8) is 0 Å². The molecule has 0 aliphatic heterocycles. The molecular weight excluding hydrogens is 659 g/mol. The zero-order valence-electron chi connectivity index (χ0n) is 29.6. The number of para-hydroxylation sites is 1. The number of fused-ring (bicyclic) bond motifs is 6. The normalized spacial score (nSPS) is 11.4. The number of nitrogens with zero attached hydrogens (tertiary/aromatic N) is 3. The fourth-order valence-electron chi connectivity index (χ4n) is 7.60. The minimum Gasteiger partial charge on any atom is -0.455 e. The Balaban J connectivity index is 1.25.